The average molecular weight is 504 g/mol. The number of rotatable bonds is 9. The lowest BCUT2D eigenvalue weighted by Gasteiger charge is -2.15. The second kappa shape index (κ2) is 11.2. The van der Waals surface area contributed by atoms with Gasteiger partial charge in [-0.3, -0.25) is 4.57 Å². The van der Waals surface area contributed by atoms with Crippen LogP contribution in [-0.4, -0.2) is 39.9 Å². The number of ether oxygens (including phenoxy) is 2. The van der Waals surface area contributed by atoms with E-state index >= 15 is 0 Å². The van der Waals surface area contributed by atoms with Crippen molar-refractivity contribution < 1.29 is 28.2 Å². The van der Waals surface area contributed by atoms with E-state index in [4.69, 9.17) is 21.4 Å². The SMILES string of the molecule is COC(C)(C)C#Cc1nc(Cl)n(Cc2ccc(OC(F)F)cc2)c1NCc1ccc(C(=O)O)cc1. The molecule has 0 saturated heterocycles. The molecule has 0 spiro atoms. The Morgan fingerprint density at radius 2 is 1.80 bits per heavy atom. The van der Waals surface area contributed by atoms with Crippen molar-refractivity contribution in [3.8, 4) is 17.6 Å². The maximum atomic E-state index is 12.4. The largest absolute Gasteiger partial charge is 0.478 e. The number of carboxylic acids is 1. The van der Waals surface area contributed by atoms with Gasteiger partial charge in [0.05, 0.1) is 12.1 Å². The van der Waals surface area contributed by atoms with Crippen molar-refractivity contribution in [2.45, 2.75) is 39.1 Å². The van der Waals surface area contributed by atoms with Gasteiger partial charge in [0, 0.05) is 13.7 Å². The minimum absolute atomic E-state index is 0.0528. The van der Waals surface area contributed by atoms with Gasteiger partial charge in [0.15, 0.2) is 5.69 Å². The Hall–Kier alpha value is -3.61. The van der Waals surface area contributed by atoms with E-state index in [-0.39, 0.29) is 23.1 Å². The predicted octanol–water partition coefficient (Wildman–Crippen LogP) is 5.27. The minimum atomic E-state index is -2.90. The number of benzene rings is 2. The molecule has 0 atom stereocenters. The van der Waals surface area contributed by atoms with Crippen molar-refractivity contribution >= 4 is 23.4 Å². The molecular weight excluding hydrogens is 480 g/mol. The number of nitrogens with zero attached hydrogens (tertiary/aromatic N) is 2. The molecule has 0 aliphatic heterocycles. The van der Waals surface area contributed by atoms with E-state index in [1.54, 1.807) is 35.9 Å². The number of anilines is 1. The summed E-state index contributed by atoms with van der Waals surface area (Å²) in [5.74, 6) is 5.62. The third-order valence-corrected chi connectivity index (χ3v) is 5.35. The van der Waals surface area contributed by atoms with Gasteiger partial charge in [0.2, 0.25) is 5.28 Å². The van der Waals surface area contributed by atoms with Crippen LogP contribution in [0.2, 0.25) is 5.28 Å². The summed E-state index contributed by atoms with van der Waals surface area (Å²) in [6.07, 6.45) is 0. The number of aromatic carboxylic acids is 1. The first-order valence-electron chi connectivity index (χ1n) is 10.5. The summed E-state index contributed by atoms with van der Waals surface area (Å²) in [4.78, 5) is 15.5. The third-order valence-electron chi connectivity index (χ3n) is 5.06. The lowest BCUT2D eigenvalue weighted by molar-refractivity contribution is -0.0498. The highest BCUT2D eigenvalue weighted by molar-refractivity contribution is 6.28. The maximum Gasteiger partial charge on any atom is 0.387 e. The highest BCUT2D eigenvalue weighted by Crippen LogP contribution is 2.25. The Morgan fingerprint density at radius 3 is 2.37 bits per heavy atom. The zero-order valence-corrected chi connectivity index (χ0v) is 20.1. The molecule has 1 heterocycles. The molecule has 0 unspecified atom stereocenters. The number of alkyl halides is 2. The molecule has 184 valence electrons. The van der Waals surface area contributed by atoms with E-state index in [0.717, 1.165) is 11.1 Å². The molecule has 2 aromatic carbocycles. The van der Waals surface area contributed by atoms with Gasteiger partial charge in [0.1, 0.15) is 17.2 Å². The van der Waals surface area contributed by atoms with Crippen molar-refractivity contribution in [3.05, 3.63) is 76.2 Å². The van der Waals surface area contributed by atoms with Crippen LogP contribution in [0.1, 0.15) is 41.0 Å². The molecule has 3 aromatic rings. The van der Waals surface area contributed by atoms with Crippen LogP contribution in [0.15, 0.2) is 48.5 Å². The van der Waals surface area contributed by atoms with Crippen LogP contribution < -0.4 is 10.1 Å². The fourth-order valence-electron chi connectivity index (χ4n) is 3.01. The molecule has 10 heteroatoms. The molecule has 0 saturated carbocycles. The first-order valence-corrected chi connectivity index (χ1v) is 10.9. The highest BCUT2D eigenvalue weighted by Gasteiger charge is 2.17. The van der Waals surface area contributed by atoms with Crippen LogP contribution in [0.5, 0.6) is 5.75 Å². The second-order valence-corrected chi connectivity index (χ2v) is 8.34. The lowest BCUT2D eigenvalue weighted by Crippen LogP contribution is -2.19. The molecule has 35 heavy (non-hydrogen) atoms. The highest BCUT2D eigenvalue weighted by atomic mass is 35.5. The van der Waals surface area contributed by atoms with Gasteiger partial charge >= 0.3 is 12.6 Å². The Morgan fingerprint density at radius 1 is 1.17 bits per heavy atom. The Balaban J connectivity index is 1.90. The summed E-state index contributed by atoms with van der Waals surface area (Å²) in [5.41, 5.74) is 1.50. The topological polar surface area (TPSA) is 85.6 Å². The fraction of sp³-hybridized carbons (Fsp3) is 0.280. The predicted molar refractivity (Wildman–Crippen MR) is 128 cm³/mol. The van der Waals surface area contributed by atoms with Crippen LogP contribution in [0.25, 0.3) is 0 Å². The van der Waals surface area contributed by atoms with Crippen LogP contribution in [0, 0.1) is 11.8 Å². The quantitative estimate of drug-likeness (QED) is 0.387. The molecule has 1 aromatic heterocycles. The first-order chi connectivity index (χ1) is 16.6. The van der Waals surface area contributed by atoms with Gasteiger partial charge in [-0.2, -0.15) is 8.78 Å². The smallest absolute Gasteiger partial charge is 0.387 e. The van der Waals surface area contributed by atoms with Gasteiger partial charge in [0.25, 0.3) is 0 Å². The number of carbonyl (C=O) groups is 1. The molecule has 3 rings (SSSR count). The average Bonchev–Trinajstić information content (AvgIpc) is 3.11. The molecule has 7 nitrogen and oxygen atoms in total. The van der Waals surface area contributed by atoms with Crippen molar-refractivity contribution in [3.63, 3.8) is 0 Å². The van der Waals surface area contributed by atoms with Gasteiger partial charge in [-0.1, -0.05) is 30.2 Å². The van der Waals surface area contributed by atoms with Crippen LogP contribution in [-0.2, 0) is 17.8 Å². The van der Waals surface area contributed by atoms with Crippen molar-refractivity contribution in [1.29, 1.82) is 0 Å². The number of carboxylic acid groups (broad SMARTS) is 1. The lowest BCUT2D eigenvalue weighted by atomic mass is 10.1. The zero-order chi connectivity index (χ0) is 25.6. The Labute approximate surface area is 206 Å². The number of hydrogen-bond acceptors (Lipinski definition) is 5. The van der Waals surface area contributed by atoms with E-state index in [1.807, 2.05) is 13.8 Å². The van der Waals surface area contributed by atoms with Crippen LogP contribution >= 0.6 is 11.6 Å². The molecule has 0 bridgehead atoms. The summed E-state index contributed by atoms with van der Waals surface area (Å²) in [6, 6.07) is 12.7. The number of halogens is 3. The fourth-order valence-corrected chi connectivity index (χ4v) is 3.24. The summed E-state index contributed by atoms with van der Waals surface area (Å²) in [7, 11) is 1.56. The standard InChI is InChI=1S/C25H24ClF2N3O4/c1-25(2,34-3)13-12-20-21(29-14-16-4-8-18(9-5-16)22(32)33)31(23(26)30-20)15-17-6-10-19(11-7-17)35-24(27)28/h4-11,24,29H,14-15H2,1-3H3,(H,32,33). The summed E-state index contributed by atoms with van der Waals surface area (Å²) >= 11 is 6.45. The zero-order valence-electron chi connectivity index (χ0n) is 19.3. The van der Waals surface area contributed by atoms with Crippen molar-refractivity contribution in [2.24, 2.45) is 0 Å². The van der Waals surface area contributed by atoms with Crippen LogP contribution in [0.3, 0.4) is 0 Å². The number of nitrogens with one attached hydrogen (secondary N) is 1. The van der Waals surface area contributed by atoms with E-state index in [2.05, 4.69) is 26.9 Å². The van der Waals surface area contributed by atoms with E-state index in [0.29, 0.717) is 18.1 Å². The maximum absolute atomic E-state index is 12.4. The number of methoxy groups -OCH3 is 1. The molecule has 0 radical (unpaired) electrons. The summed E-state index contributed by atoms with van der Waals surface area (Å²) in [5, 5.41) is 12.6. The van der Waals surface area contributed by atoms with E-state index in [9.17, 15) is 13.6 Å². The second-order valence-electron chi connectivity index (χ2n) is 8.01. The molecule has 0 amide bonds. The number of imidazole rings is 1. The molecular formula is C25H24ClF2N3O4. The first kappa shape index (κ1) is 26.0. The van der Waals surface area contributed by atoms with Gasteiger partial charge in [-0.05, 0) is 66.8 Å². The number of hydrogen-bond donors (Lipinski definition) is 2. The molecule has 0 fully saturated rings. The van der Waals surface area contributed by atoms with Crippen molar-refractivity contribution in [1.82, 2.24) is 9.55 Å². The monoisotopic (exact) mass is 503 g/mol. The summed E-state index contributed by atoms with van der Waals surface area (Å²) < 4.78 is 36.3. The molecule has 2 N–H and O–H groups in total. The van der Waals surface area contributed by atoms with Gasteiger partial charge in [-0.25, -0.2) is 9.78 Å². The number of aromatic nitrogens is 2. The normalized spacial score (nSPS) is 11.2. The molecule has 0 aliphatic carbocycles. The Bertz CT molecular complexity index is 1230. The minimum Gasteiger partial charge on any atom is -0.478 e. The molecule has 0 aliphatic rings. The van der Waals surface area contributed by atoms with E-state index in [1.165, 1.54) is 24.3 Å². The van der Waals surface area contributed by atoms with Crippen molar-refractivity contribution in [2.75, 3.05) is 12.4 Å². The summed E-state index contributed by atoms with van der Waals surface area (Å²) in [6.45, 7) is 1.38. The van der Waals surface area contributed by atoms with Crippen LogP contribution in [0.4, 0.5) is 14.6 Å². The Kier molecular flexibility index (Phi) is 8.33. The van der Waals surface area contributed by atoms with Gasteiger partial charge in [-0.15, -0.1) is 0 Å². The van der Waals surface area contributed by atoms with Gasteiger partial charge < -0.3 is 19.9 Å². The third kappa shape index (κ3) is 7.18. The van der Waals surface area contributed by atoms with E-state index < -0.39 is 18.2 Å².